The Morgan fingerprint density at radius 2 is 2.11 bits per heavy atom. The molecule has 28 heavy (non-hydrogen) atoms. The van der Waals surface area contributed by atoms with Gasteiger partial charge in [0.05, 0.1) is 29.9 Å². The number of carbonyl (C=O) groups excluding carboxylic acids is 2. The van der Waals surface area contributed by atoms with Crippen LogP contribution in [0.1, 0.15) is 18.5 Å². The first-order chi connectivity index (χ1) is 13.6. The topological polar surface area (TPSA) is 96.3 Å². The van der Waals surface area contributed by atoms with Crippen molar-refractivity contribution < 1.29 is 14.7 Å². The third-order valence-corrected chi connectivity index (χ3v) is 5.80. The van der Waals surface area contributed by atoms with E-state index in [4.69, 9.17) is 0 Å². The van der Waals surface area contributed by atoms with Crippen molar-refractivity contribution in [1.29, 1.82) is 0 Å². The van der Waals surface area contributed by atoms with Crippen LogP contribution in [0.25, 0.3) is 10.9 Å². The Morgan fingerprint density at radius 3 is 2.93 bits per heavy atom. The molecule has 1 fully saturated rings. The van der Waals surface area contributed by atoms with Crippen LogP contribution in [0.5, 0.6) is 0 Å². The van der Waals surface area contributed by atoms with Gasteiger partial charge in [0.1, 0.15) is 6.54 Å². The van der Waals surface area contributed by atoms with E-state index in [1.807, 2.05) is 46.5 Å². The monoisotopic (exact) mass is 398 g/mol. The maximum absolute atomic E-state index is 12.5. The first-order valence-corrected chi connectivity index (χ1v) is 10.2. The summed E-state index contributed by atoms with van der Waals surface area (Å²) in [4.78, 5) is 29.0. The highest BCUT2D eigenvalue weighted by Crippen LogP contribution is 2.26. The molecular weight excluding hydrogens is 376 g/mol. The predicted molar refractivity (Wildman–Crippen MR) is 107 cm³/mol. The van der Waals surface area contributed by atoms with E-state index in [0.717, 1.165) is 16.6 Å². The highest BCUT2D eigenvalue weighted by molar-refractivity contribution is 7.07. The Morgan fingerprint density at radius 1 is 1.25 bits per heavy atom. The van der Waals surface area contributed by atoms with Crippen molar-refractivity contribution >= 4 is 34.1 Å². The van der Waals surface area contributed by atoms with Gasteiger partial charge in [-0.05, 0) is 30.4 Å². The zero-order valence-electron chi connectivity index (χ0n) is 15.2. The molecule has 1 saturated carbocycles. The van der Waals surface area contributed by atoms with Crippen LogP contribution in [0.4, 0.5) is 0 Å². The smallest absolute Gasteiger partial charge is 0.240 e. The lowest BCUT2D eigenvalue weighted by Crippen LogP contribution is -2.41. The number of fused-ring (bicyclic) bond motifs is 1. The van der Waals surface area contributed by atoms with Gasteiger partial charge in [-0.3, -0.25) is 9.59 Å². The number of nitrogens with one attached hydrogen (secondary N) is 2. The number of rotatable bonds is 6. The number of thiazole rings is 1. The fraction of sp³-hybridized carbons (Fsp3) is 0.350. The molecule has 0 unspecified atom stereocenters. The summed E-state index contributed by atoms with van der Waals surface area (Å²) < 4.78 is 1.88. The molecule has 0 bridgehead atoms. The number of hydrogen-bond acceptors (Lipinski definition) is 5. The van der Waals surface area contributed by atoms with Crippen molar-refractivity contribution in [3.63, 3.8) is 0 Å². The fourth-order valence-electron chi connectivity index (χ4n) is 3.72. The van der Waals surface area contributed by atoms with E-state index in [1.165, 1.54) is 11.3 Å². The third kappa shape index (κ3) is 4.07. The molecule has 1 aromatic carbocycles. The van der Waals surface area contributed by atoms with Crippen molar-refractivity contribution in [3.05, 3.63) is 53.1 Å². The van der Waals surface area contributed by atoms with Crippen LogP contribution in [0, 0.1) is 5.92 Å². The number of para-hydroxylation sites is 1. The molecule has 1 aliphatic carbocycles. The lowest BCUT2D eigenvalue weighted by Gasteiger charge is -2.17. The Hall–Kier alpha value is -2.71. The molecule has 3 atom stereocenters. The summed E-state index contributed by atoms with van der Waals surface area (Å²) >= 11 is 1.48. The second-order valence-electron chi connectivity index (χ2n) is 7.11. The summed E-state index contributed by atoms with van der Waals surface area (Å²) in [6.07, 6.45) is 1.94. The quantitative estimate of drug-likeness (QED) is 0.589. The maximum Gasteiger partial charge on any atom is 0.240 e. The summed E-state index contributed by atoms with van der Waals surface area (Å²) in [5, 5.41) is 19.0. The predicted octanol–water partition coefficient (Wildman–Crippen LogP) is 1.67. The zero-order chi connectivity index (χ0) is 19.5. The molecule has 0 aliphatic heterocycles. The van der Waals surface area contributed by atoms with Gasteiger partial charge in [-0.25, -0.2) is 4.98 Å². The average molecular weight is 398 g/mol. The van der Waals surface area contributed by atoms with Gasteiger partial charge in [-0.1, -0.05) is 18.2 Å². The Labute approximate surface area is 166 Å². The number of amides is 2. The van der Waals surface area contributed by atoms with Crippen LogP contribution in [-0.4, -0.2) is 38.6 Å². The fourth-order valence-corrected chi connectivity index (χ4v) is 4.28. The van der Waals surface area contributed by atoms with E-state index in [-0.39, 0.29) is 24.3 Å². The van der Waals surface area contributed by atoms with E-state index in [2.05, 4.69) is 15.6 Å². The van der Waals surface area contributed by atoms with Crippen LogP contribution in [0.15, 0.2) is 47.4 Å². The van der Waals surface area contributed by atoms with Gasteiger partial charge in [-0.2, -0.15) is 0 Å². The second kappa shape index (κ2) is 8.12. The van der Waals surface area contributed by atoms with Gasteiger partial charge in [0.25, 0.3) is 0 Å². The molecule has 3 N–H and O–H groups in total. The summed E-state index contributed by atoms with van der Waals surface area (Å²) in [5.74, 6) is -0.597. The first-order valence-electron chi connectivity index (χ1n) is 9.26. The van der Waals surface area contributed by atoms with E-state index in [9.17, 15) is 14.7 Å². The molecule has 8 heteroatoms. The van der Waals surface area contributed by atoms with Crippen molar-refractivity contribution in [2.75, 3.05) is 0 Å². The molecule has 0 saturated heterocycles. The molecule has 3 aromatic rings. The van der Waals surface area contributed by atoms with Crippen molar-refractivity contribution in [3.8, 4) is 0 Å². The lowest BCUT2D eigenvalue weighted by atomic mass is 10.1. The standard InChI is InChI=1S/C20H22N4O3S/c25-18-8-14(20(27)21-9-15-11-28-12-22-15)7-16(18)23-19(26)10-24-6-5-13-3-1-2-4-17(13)24/h1-6,11-12,14,16,18,25H,7-10H2,(H,21,27)(H,23,26)/t14-,16-,18-/m0/s1. The third-order valence-electron chi connectivity index (χ3n) is 5.17. The van der Waals surface area contributed by atoms with E-state index < -0.39 is 12.1 Å². The minimum absolute atomic E-state index is 0.111. The molecule has 146 valence electrons. The highest BCUT2D eigenvalue weighted by Gasteiger charge is 2.37. The van der Waals surface area contributed by atoms with Gasteiger partial charge < -0.3 is 20.3 Å². The number of benzene rings is 1. The summed E-state index contributed by atoms with van der Waals surface area (Å²) in [7, 11) is 0. The van der Waals surface area contributed by atoms with Gasteiger partial charge in [0.2, 0.25) is 11.8 Å². The summed E-state index contributed by atoms with van der Waals surface area (Å²) in [6.45, 7) is 0.560. The molecule has 7 nitrogen and oxygen atoms in total. The molecular formula is C20H22N4O3S. The van der Waals surface area contributed by atoms with Gasteiger partial charge in [0, 0.05) is 23.0 Å². The maximum atomic E-state index is 12.5. The molecule has 4 rings (SSSR count). The number of carbonyl (C=O) groups is 2. The summed E-state index contributed by atoms with van der Waals surface area (Å²) in [5.41, 5.74) is 3.53. The van der Waals surface area contributed by atoms with Gasteiger partial charge >= 0.3 is 0 Å². The van der Waals surface area contributed by atoms with Crippen LogP contribution >= 0.6 is 11.3 Å². The summed E-state index contributed by atoms with van der Waals surface area (Å²) in [6, 6.07) is 9.42. The minimum atomic E-state index is -0.722. The number of aromatic nitrogens is 2. The second-order valence-corrected chi connectivity index (χ2v) is 7.83. The molecule has 2 amide bonds. The van der Waals surface area contributed by atoms with Crippen molar-refractivity contribution in [1.82, 2.24) is 20.2 Å². The van der Waals surface area contributed by atoms with E-state index in [1.54, 1.807) is 5.51 Å². The van der Waals surface area contributed by atoms with Gasteiger partial charge in [-0.15, -0.1) is 11.3 Å². The SMILES string of the molecule is O=C(Cn1ccc2ccccc21)N[C@H]1C[C@H](C(=O)NCc2cscn2)C[C@@H]1O. The minimum Gasteiger partial charge on any atom is -0.391 e. The van der Waals surface area contributed by atoms with Crippen LogP contribution in [0.3, 0.4) is 0 Å². The number of nitrogens with zero attached hydrogens (tertiary/aromatic N) is 2. The molecule has 2 aromatic heterocycles. The first kappa shape index (κ1) is 18.6. The van der Waals surface area contributed by atoms with Crippen LogP contribution in [0.2, 0.25) is 0 Å². The van der Waals surface area contributed by atoms with Crippen molar-refractivity contribution in [2.24, 2.45) is 5.92 Å². The van der Waals surface area contributed by atoms with Crippen molar-refractivity contribution in [2.45, 2.75) is 38.1 Å². The van der Waals surface area contributed by atoms with E-state index >= 15 is 0 Å². The number of aliphatic hydroxyl groups is 1. The molecule has 0 spiro atoms. The number of hydrogen-bond donors (Lipinski definition) is 3. The molecule has 1 aliphatic rings. The van der Waals surface area contributed by atoms with Crippen LogP contribution < -0.4 is 10.6 Å². The highest BCUT2D eigenvalue weighted by atomic mass is 32.1. The van der Waals surface area contributed by atoms with Crippen LogP contribution in [-0.2, 0) is 22.7 Å². The van der Waals surface area contributed by atoms with E-state index in [0.29, 0.717) is 19.4 Å². The molecule has 2 heterocycles. The Balaban J connectivity index is 1.30. The molecule has 0 radical (unpaired) electrons. The Bertz CT molecular complexity index is 969. The zero-order valence-corrected chi connectivity index (χ0v) is 16.1. The van der Waals surface area contributed by atoms with Gasteiger partial charge in [0.15, 0.2) is 0 Å². The lowest BCUT2D eigenvalue weighted by molar-refractivity contribution is -0.125. The largest absolute Gasteiger partial charge is 0.391 e. The average Bonchev–Trinajstić information content (AvgIpc) is 3.42. The number of aliphatic hydroxyl groups excluding tert-OH is 1. The Kier molecular flexibility index (Phi) is 5.40. The normalized spacial score (nSPS) is 21.7.